The molecule has 1 fully saturated rings. The third-order valence-corrected chi connectivity index (χ3v) is 5.73. The van der Waals surface area contributed by atoms with Crippen molar-refractivity contribution in [2.75, 3.05) is 13.1 Å². The van der Waals surface area contributed by atoms with Crippen LogP contribution in [0.25, 0.3) is 16.2 Å². The van der Waals surface area contributed by atoms with Crippen LogP contribution in [0.4, 0.5) is 0 Å². The van der Waals surface area contributed by atoms with Crippen molar-refractivity contribution < 1.29 is 4.79 Å². The highest BCUT2D eigenvalue weighted by atomic mass is 32.1. The minimum atomic E-state index is -0.213. The van der Waals surface area contributed by atoms with Crippen molar-refractivity contribution in [3.05, 3.63) is 57.8 Å². The first-order valence-corrected chi connectivity index (χ1v) is 9.57. The summed E-state index contributed by atoms with van der Waals surface area (Å²) >= 11 is 1.48. The van der Waals surface area contributed by atoms with Gasteiger partial charge in [-0.2, -0.15) is 0 Å². The van der Waals surface area contributed by atoms with E-state index >= 15 is 0 Å². The molecule has 7 heteroatoms. The summed E-state index contributed by atoms with van der Waals surface area (Å²) in [6, 6.07) is 11.5. The Morgan fingerprint density at radius 2 is 1.96 bits per heavy atom. The van der Waals surface area contributed by atoms with Crippen molar-refractivity contribution >= 4 is 22.2 Å². The van der Waals surface area contributed by atoms with Gasteiger partial charge in [0.25, 0.3) is 5.56 Å². The molecule has 1 amide bonds. The summed E-state index contributed by atoms with van der Waals surface area (Å²) in [5, 5.41) is 1.97. The van der Waals surface area contributed by atoms with Gasteiger partial charge in [0.2, 0.25) is 5.91 Å². The molecule has 3 heterocycles. The minimum Gasteiger partial charge on any atom is -0.369 e. The first kappa shape index (κ1) is 16.9. The van der Waals surface area contributed by atoms with Crippen LogP contribution in [0.2, 0.25) is 0 Å². The number of thiazole rings is 1. The number of hydrogen-bond acceptors (Lipinski definition) is 5. The summed E-state index contributed by atoms with van der Waals surface area (Å²) in [5.74, 6) is -0.243. The normalized spacial score (nSPS) is 16.2. The van der Waals surface area contributed by atoms with Gasteiger partial charge < -0.3 is 5.73 Å². The number of rotatable bonds is 4. The molecule has 2 N–H and O–H groups in total. The SMILES string of the molecule is NC(=O)C1CCN(Cc2cc(=O)n3c(-c4ccccc4)csc3n2)CC1. The average Bonchev–Trinajstić information content (AvgIpc) is 3.07. The molecule has 26 heavy (non-hydrogen) atoms. The van der Waals surface area contributed by atoms with Crippen LogP contribution in [0.3, 0.4) is 0 Å². The van der Waals surface area contributed by atoms with Crippen molar-refractivity contribution in [2.45, 2.75) is 19.4 Å². The number of nitrogens with two attached hydrogens (primary N) is 1. The van der Waals surface area contributed by atoms with Crippen molar-refractivity contribution in [1.82, 2.24) is 14.3 Å². The zero-order chi connectivity index (χ0) is 18.1. The molecule has 2 aromatic heterocycles. The lowest BCUT2D eigenvalue weighted by atomic mass is 9.96. The van der Waals surface area contributed by atoms with Gasteiger partial charge in [0, 0.05) is 23.9 Å². The monoisotopic (exact) mass is 368 g/mol. The number of nitrogens with zero attached hydrogens (tertiary/aromatic N) is 3. The number of likely N-dealkylation sites (tertiary alicyclic amines) is 1. The molecule has 0 aliphatic carbocycles. The molecule has 0 unspecified atom stereocenters. The predicted octanol–water partition coefficient (Wildman–Crippen LogP) is 2.12. The lowest BCUT2D eigenvalue weighted by Crippen LogP contribution is -2.38. The first-order chi connectivity index (χ1) is 12.6. The van der Waals surface area contributed by atoms with E-state index in [1.165, 1.54) is 11.3 Å². The van der Waals surface area contributed by atoms with Gasteiger partial charge >= 0.3 is 0 Å². The van der Waals surface area contributed by atoms with Gasteiger partial charge in [-0.3, -0.25) is 18.9 Å². The third kappa shape index (κ3) is 3.27. The van der Waals surface area contributed by atoms with Crippen LogP contribution < -0.4 is 11.3 Å². The van der Waals surface area contributed by atoms with Crippen LogP contribution in [0.15, 0.2) is 46.6 Å². The Hall–Kier alpha value is -2.51. The predicted molar refractivity (Wildman–Crippen MR) is 102 cm³/mol. The van der Waals surface area contributed by atoms with Gasteiger partial charge in [-0.1, -0.05) is 30.3 Å². The van der Waals surface area contributed by atoms with Crippen LogP contribution in [0, 0.1) is 5.92 Å². The van der Waals surface area contributed by atoms with E-state index in [4.69, 9.17) is 5.73 Å². The second kappa shape index (κ2) is 7.01. The highest BCUT2D eigenvalue weighted by Gasteiger charge is 2.23. The number of aromatic nitrogens is 2. The van der Waals surface area contributed by atoms with Crippen LogP contribution in [-0.2, 0) is 11.3 Å². The Morgan fingerprint density at radius 1 is 1.23 bits per heavy atom. The highest BCUT2D eigenvalue weighted by molar-refractivity contribution is 7.15. The standard InChI is InChI=1S/C19H20N4O2S/c20-18(25)14-6-8-22(9-7-14)11-15-10-17(24)23-16(12-26-19(23)21-15)13-4-2-1-3-5-13/h1-5,10,12,14H,6-9,11H2,(H2,20,25). The van der Waals surface area contributed by atoms with Crippen LogP contribution in [-0.4, -0.2) is 33.3 Å². The molecular formula is C19H20N4O2S. The second-order valence-electron chi connectivity index (χ2n) is 6.64. The van der Waals surface area contributed by atoms with E-state index in [1.807, 2.05) is 35.7 Å². The summed E-state index contributed by atoms with van der Waals surface area (Å²) in [5.41, 5.74) is 7.97. The van der Waals surface area contributed by atoms with Gasteiger partial charge in [0.1, 0.15) is 0 Å². The Morgan fingerprint density at radius 3 is 2.65 bits per heavy atom. The number of carbonyl (C=O) groups is 1. The molecule has 1 aliphatic heterocycles. The minimum absolute atomic E-state index is 0.0296. The largest absolute Gasteiger partial charge is 0.369 e. The van der Waals surface area contributed by atoms with E-state index in [9.17, 15) is 9.59 Å². The van der Waals surface area contributed by atoms with Gasteiger partial charge in [-0.05, 0) is 31.5 Å². The quantitative estimate of drug-likeness (QED) is 0.765. The number of amides is 1. The molecule has 0 spiro atoms. The van der Waals surface area contributed by atoms with E-state index in [-0.39, 0.29) is 17.4 Å². The smallest absolute Gasteiger partial charge is 0.259 e. The summed E-state index contributed by atoms with van der Waals surface area (Å²) in [4.78, 5) is 31.6. The maximum atomic E-state index is 12.7. The van der Waals surface area contributed by atoms with Gasteiger partial charge in [0.15, 0.2) is 4.96 Å². The maximum Gasteiger partial charge on any atom is 0.259 e. The Balaban J connectivity index is 1.57. The number of hydrogen-bond donors (Lipinski definition) is 1. The highest BCUT2D eigenvalue weighted by Crippen LogP contribution is 2.24. The van der Waals surface area contributed by atoms with Gasteiger partial charge in [-0.25, -0.2) is 4.98 Å². The zero-order valence-corrected chi connectivity index (χ0v) is 15.1. The fraction of sp³-hybridized carbons (Fsp3) is 0.316. The summed E-state index contributed by atoms with van der Waals surface area (Å²) in [6.45, 7) is 2.22. The molecule has 0 saturated carbocycles. The van der Waals surface area contributed by atoms with Crippen molar-refractivity contribution in [1.29, 1.82) is 0 Å². The molecule has 6 nitrogen and oxygen atoms in total. The van der Waals surface area contributed by atoms with E-state index in [0.717, 1.165) is 42.9 Å². The lowest BCUT2D eigenvalue weighted by molar-refractivity contribution is -0.123. The molecule has 134 valence electrons. The van der Waals surface area contributed by atoms with E-state index in [0.29, 0.717) is 11.5 Å². The number of carbonyl (C=O) groups excluding carboxylic acids is 1. The molecule has 3 aromatic rings. The first-order valence-electron chi connectivity index (χ1n) is 8.69. The molecule has 1 aliphatic rings. The third-order valence-electron chi connectivity index (χ3n) is 4.90. The van der Waals surface area contributed by atoms with Gasteiger partial charge in [-0.15, -0.1) is 11.3 Å². The van der Waals surface area contributed by atoms with Crippen molar-refractivity contribution in [3.8, 4) is 11.3 Å². The molecule has 1 aromatic carbocycles. The Kier molecular flexibility index (Phi) is 4.57. The molecule has 0 bridgehead atoms. The fourth-order valence-electron chi connectivity index (χ4n) is 3.46. The summed E-state index contributed by atoms with van der Waals surface area (Å²) in [7, 11) is 0. The molecule has 0 radical (unpaired) electrons. The Bertz CT molecular complexity index is 988. The number of piperidine rings is 1. The van der Waals surface area contributed by atoms with Crippen LogP contribution >= 0.6 is 11.3 Å². The Labute approximate surface area is 154 Å². The van der Waals surface area contributed by atoms with E-state index in [2.05, 4.69) is 9.88 Å². The van der Waals surface area contributed by atoms with Crippen molar-refractivity contribution in [3.63, 3.8) is 0 Å². The van der Waals surface area contributed by atoms with Crippen LogP contribution in [0.5, 0.6) is 0 Å². The van der Waals surface area contributed by atoms with Crippen LogP contribution in [0.1, 0.15) is 18.5 Å². The topological polar surface area (TPSA) is 80.7 Å². The summed E-state index contributed by atoms with van der Waals surface area (Å²) < 4.78 is 1.67. The lowest BCUT2D eigenvalue weighted by Gasteiger charge is -2.30. The van der Waals surface area contributed by atoms with E-state index in [1.54, 1.807) is 10.5 Å². The number of benzene rings is 1. The van der Waals surface area contributed by atoms with E-state index < -0.39 is 0 Å². The number of primary amides is 1. The zero-order valence-electron chi connectivity index (χ0n) is 14.3. The van der Waals surface area contributed by atoms with Crippen molar-refractivity contribution in [2.24, 2.45) is 11.7 Å². The van der Waals surface area contributed by atoms with Gasteiger partial charge in [0.05, 0.1) is 11.4 Å². The number of fused-ring (bicyclic) bond motifs is 1. The molecule has 4 rings (SSSR count). The maximum absolute atomic E-state index is 12.7. The fourth-order valence-corrected chi connectivity index (χ4v) is 4.38. The molecule has 1 saturated heterocycles. The summed E-state index contributed by atoms with van der Waals surface area (Å²) in [6.07, 6.45) is 1.54. The second-order valence-corrected chi connectivity index (χ2v) is 7.48. The molecule has 0 atom stereocenters. The average molecular weight is 368 g/mol. The molecular weight excluding hydrogens is 348 g/mol.